The number of halogens is 3. The molecule has 1 heterocycles. The molecule has 22 heavy (non-hydrogen) atoms. The van der Waals surface area contributed by atoms with Crippen molar-refractivity contribution in [3.05, 3.63) is 65.5 Å². The third kappa shape index (κ3) is 3.09. The van der Waals surface area contributed by atoms with Crippen LogP contribution < -0.4 is 10.6 Å². The van der Waals surface area contributed by atoms with Crippen LogP contribution in [-0.2, 0) is 0 Å². The molecule has 0 radical (unpaired) electrons. The molecule has 2 aromatic rings. The molecule has 0 bridgehead atoms. The molecule has 1 aliphatic heterocycles. The summed E-state index contributed by atoms with van der Waals surface area (Å²) < 4.78 is 40.8. The maximum atomic E-state index is 14.0. The Morgan fingerprint density at radius 2 is 1.73 bits per heavy atom. The van der Waals surface area contributed by atoms with Crippen LogP contribution in [0.5, 0.6) is 0 Å². The second-order valence-electron chi connectivity index (χ2n) is 5.75. The zero-order chi connectivity index (χ0) is 15.7. The first-order valence-electron chi connectivity index (χ1n) is 7.24. The summed E-state index contributed by atoms with van der Waals surface area (Å²) in [6.07, 6.45) is 0.691. The standard InChI is InChI=1S/C17H17F3N2/c18-13-3-1-2-11(6-13)12-7-15(21)10-22(9-12)17-8-14(19)4-5-16(17)20/h1-6,8,12,15H,7,9-10,21H2. The Morgan fingerprint density at radius 3 is 2.50 bits per heavy atom. The maximum absolute atomic E-state index is 14.0. The van der Waals surface area contributed by atoms with E-state index in [0.717, 1.165) is 17.7 Å². The maximum Gasteiger partial charge on any atom is 0.146 e. The second kappa shape index (κ2) is 6.01. The summed E-state index contributed by atoms with van der Waals surface area (Å²) >= 11 is 0. The van der Waals surface area contributed by atoms with E-state index in [9.17, 15) is 13.2 Å². The van der Waals surface area contributed by atoms with E-state index in [1.54, 1.807) is 11.0 Å². The van der Waals surface area contributed by atoms with Crippen LogP contribution in [0.15, 0.2) is 42.5 Å². The Morgan fingerprint density at radius 1 is 0.955 bits per heavy atom. The van der Waals surface area contributed by atoms with Crippen LogP contribution in [0.1, 0.15) is 17.9 Å². The van der Waals surface area contributed by atoms with Gasteiger partial charge in [-0.15, -0.1) is 0 Å². The molecule has 2 atom stereocenters. The first-order valence-corrected chi connectivity index (χ1v) is 7.24. The second-order valence-corrected chi connectivity index (χ2v) is 5.75. The molecule has 0 aromatic heterocycles. The van der Waals surface area contributed by atoms with Crippen LogP contribution in [-0.4, -0.2) is 19.1 Å². The number of nitrogens with two attached hydrogens (primary N) is 1. The zero-order valence-electron chi connectivity index (χ0n) is 12.0. The highest BCUT2D eigenvalue weighted by atomic mass is 19.1. The van der Waals surface area contributed by atoms with Gasteiger partial charge in [0.15, 0.2) is 0 Å². The summed E-state index contributed by atoms with van der Waals surface area (Å²) in [5.74, 6) is -1.28. The molecule has 1 aliphatic rings. The molecular weight excluding hydrogens is 289 g/mol. The first kappa shape index (κ1) is 14.9. The summed E-state index contributed by atoms with van der Waals surface area (Å²) in [6.45, 7) is 0.934. The van der Waals surface area contributed by atoms with E-state index in [1.807, 2.05) is 6.07 Å². The normalized spacial score (nSPS) is 21.9. The van der Waals surface area contributed by atoms with Crippen molar-refractivity contribution >= 4 is 5.69 Å². The smallest absolute Gasteiger partial charge is 0.146 e. The molecule has 116 valence electrons. The molecule has 2 unspecified atom stereocenters. The minimum atomic E-state index is -0.488. The first-order chi connectivity index (χ1) is 10.5. The molecule has 3 rings (SSSR count). The van der Waals surface area contributed by atoms with E-state index in [2.05, 4.69) is 0 Å². The van der Waals surface area contributed by atoms with Gasteiger partial charge in [0.1, 0.15) is 17.5 Å². The highest BCUT2D eigenvalue weighted by molar-refractivity contribution is 5.49. The molecule has 0 spiro atoms. The predicted octanol–water partition coefficient (Wildman–Crippen LogP) is 3.43. The minimum Gasteiger partial charge on any atom is -0.367 e. The largest absolute Gasteiger partial charge is 0.367 e. The van der Waals surface area contributed by atoms with Crippen LogP contribution in [0.4, 0.5) is 18.9 Å². The van der Waals surface area contributed by atoms with E-state index in [0.29, 0.717) is 19.5 Å². The number of benzene rings is 2. The van der Waals surface area contributed by atoms with Gasteiger partial charge in [-0.05, 0) is 36.2 Å². The van der Waals surface area contributed by atoms with Crippen LogP contribution in [0, 0.1) is 17.5 Å². The Labute approximate surface area is 127 Å². The van der Waals surface area contributed by atoms with Crippen molar-refractivity contribution in [2.75, 3.05) is 18.0 Å². The van der Waals surface area contributed by atoms with Gasteiger partial charge in [-0.2, -0.15) is 0 Å². The fourth-order valence-electron chi connectivity index (χ4n) is 3.07. The van der Waals surface area contributed by atoms with Crippen LogP contribution in [0.2, 0.25) is 0 Å². The topological polar surface area (TPSA) is 29.3 Å². The third-order valence-corrected chi connectivity index (χ3v) is 4.05. The van der Waals surface area contributed by atoms with Crippen molar-refractivity contribution in [1.29, 1.82) is 0 Å². The lowest BCUT2D eigenvalue weighted by Crippen LogP contribution is -2.46. The SMILES string of the molecule is NC1CC(c2cccc(F)c2)CN(c2cc(F)ccc2F)C1. The molecule has 0 aliphatic carbocycles. The summed E-state index contributed by atoms with van der Waals surface area (Å²) in [6, 6.07) is 9.55. The number of anilines is 1. The van der Waals surface area contributed by atoms with Gasteiger partial charge in [0.2, 0.25) is 0 Å². The van der Waals surface area contributed by atoms with E-state index in [-0.39, 0.29) is 23.5 Å². The van der Waals surface area contributed by atoms with Crippen molar-refractivity contribution in [3.8, 4) is 0 Å². The molecule has 2 aromatic carbocycles. The molecule has 0 amide bonds. The number of rotatable bonds is 2. The lowest BCUT2D eigenvalue weighted by atomic mass is 9.88. The van der Waals surface area contributed by atoms with Crippen LogP contribution in [0.3, 0.4) is 0 Å². The highest BCUT2D eigenvalue weighted by Gasteiger charge is 2.28. The van der Waals surface area contributed by atoms with Gasteiger partial charge in [-0.3, -0.25) is 0 Å². The number of hydrogen-bond donors (Lipinski definition) is 1. The lowest BCUT2D eigenvalue weighted by Gasteiger charge is -2.38. The highest BCUT2D eigenvalue weighted by Crippen LogP contribution is 2.31. The van der Waals surface area contributed by atoms with Gasteiger partial charge in [0.05, 0.1) is 5.69 Å². The van der Waals surface area contributed by atoms with Crippen molar-refractivity contribution in [1.82, 2.24) is 0 Å². The van der Waals surface area contributed by atoms with E-state index in [4.69, 9.17) is 5.73 Å². The Hall–Kier alpha value is -2.01. The quantitative estimate of drug-likeness (QED) is 0.921. The van der Waals surface area contributed by atoms with Crippen molar-refractivity contribution in [2.24, 2.45) is 5.73 Å². The molecule has 5 heteroatoms. The Kier molecular flexibility index (Phi) is 4.07. The van der Waals surface area contributed by atoms with Gasteiger partial charge in [0.25, 0.3) is 0 Å². The van der Waals surface area contributed by atoms with E-state index in [1.165, 1.54) is 18.2 Å². The van der Waals surface area contributed by atoms with Crippen LogP contribution in [0.25, 0.3) is 0 Å². The molecule has 2 nitrogen and oxygen atoms in total. The van der Waals surface area contributed by atoms with Gasteiger partial charge >= 0.3 is 0 Å². The number of nitrogens with zero attached hydrogens (tertiary/aromatic N) is 1. The van der Waals surface area contributed by atoms with Crippen molar-refractivity contribution < 1.29 is 13.2 Å². The molecule has 0 saturated carbocycles. The Bertz CT molecular complexity index is 675. The summed E-state index contributed by atoms with van der Waals surface area (Å²) in [7, 11) is 0. The predicted molar refractivity (Wildman–Crippen MR) is 80.3 cm³/mol. The lowest BCUT2D eigenvalue weighted by molar-refractivity contribution is 0.446. The number of piperidine rings is 1. The van der Waals surface area contributed by atoms with E-state index < -0.39 is 11.6 Å². The Balaban J connectivity index is 1.89. The monoisotopic (exact) mass is 306 g/mol. The summed E-state index contributed by atoms with van der Waals surface area (Å²) in [4.78, 5) is 1.74. The van der Waals surface area contributed by atoms with Gasteiger partial charge < -0.3 is 10.6 Å². The van der Waals surface area contributed by atoms with Gasteiger partial charge in [0, 0.05) is 31.1 Å². The fraction of sp³-hybridized carbons (Fsp3) is 0.294. The molecule has 1 saturated heterocycles. The molecule has 2 N–H and O–H groups in total. The van der Waals surface area contributed by atoms with Crippen molar-refractivity contribution in [3.63, 3.8) is 0 Å². The molecule has 1 fully saturated rings. The fourth-order valence-corrected chi connectivity index (χ4v) is 3.07. The van der Waals surface area contributed by atoms with E-state index >= 15 is 0 Å². The van der Waals surface area contributed by atoms with Gasteiger partial charge in [-0.1, -0.05) is 12.1 Å². The molecular formula is C17H17F3N2. The summed E-state index contributed by atoms with van der Waals surface area (Å²) in [5.41, 5.74) is 7.10. The van der Waals surface area contributed by atoms with Crippen LogP contribution >= 0.6 is 0 Å². The third-order valence-electron chi connectivity index (χ3n) is 4.05. The van der Waals surface area contributed by atoms with Gasteiger partial charge in [-0.25, -0.2) is 13.2 Å². The minimum absolute atomic E-state index is 0.0119. The average molecular weight is 306 g/mol. The number of hydrogen-bond acceptors (Lipinski definition) is 2. The average Bonchev–Trinajstić information content (AvgIpc) is 2.49. The summed E-state index contributed by atoms with van der Waals surface area (Å²) in [5, 5.41) is 0. The zero-order valence-corrected chi connectivity index (χ0v) is 12.0. The van der Waals surface area contributed by atoms with Crippen molar-refractivity contribution in [2.45, 2.75) is 18.4 Å².